The Labute approximate surface area is 88.5 Å². The number of nitrogens with one attached hydrogen (secondary N) is 1. The second-order valence-corrected chi connectivity index (χ2v) is 4.69. The Kier molecular flexibility index (Phi) is 9.60. The van der Waals surface area contributed by atoms with E-state index < -0.39 is 10.8 Å². The lowest BCUT2D eigenvalue weighted by atomic mass is 10.2. The molecule has 0 heterocycles. The molecule has 0 fully saturated rings. The van der Waals surface area contributed by atoms with Crippen LogP contribution in [0.3, 0.4) is 0 Å². The van der Waals surface area contributed by atoms with Crippen LogP contribution in [0.5, 0.6) is 0 Å². The predicted molar refractivity (Wildman–Crippen MR) is 58.9 cm³/mol. The van der Waals surface area contributed by atoms with Crippen LogP contribution >= 0.6 is 0 Å². The van der Waals surface area contributed by atoms with Crippen molar-refractivity contribution in [3.63, 3.8) is 0 Å². The fourth-order valence-electron chi connectivity index (χ4n) is 1.17. The standard InChI is InChI=1S/C9H21NO3S/c1-3-10-9(4-5-11)8-14(12)7-6-13-2/h9-11H,3-8H2,1-2H3. The van der Waals surface area contributed by atoms with Crippen molar-refractivity contribution in [1.82, 2.24) is 5.32 Å². The van der Waals surface area contributed by atoms with E-state index in [0.29, 0.717) is 24.5 Å². The maximum atomic E-state index is 11.5. The highest BCUT2D eigenvalue weighted by Crippen LogP contribution is 1.95. The second-order valence-electron chi connectivity index (χ2n) is 3.07. The molecule has 0 aliphatic carbocycles. The highest BCUT2D eigenvalue weighted by Gasteiger charge is 2.10. The molecular weight excluding hydrogens is 202 g/mol. The monoisotopic (exact) mass is 223 g/mol. The predicted octanol–water partition coefficient (Wildman–Crippen LogP) is -0.258. The minimum absolute atomic E-state index is 0.138. The first-order chi connectivity index (χ1) is 6.74. The number of hydrogen-bond donors (Lipinski definition) is 2. The van der Waals surface area contributed by atoms with Gasteiger partial charge in [-0.2, -0.15) is 0 Å². The quantitative estimate of drug-likeness (QED) is 0.565. The van der Waals surface area contributed by atoms with Crippen molar-refractivity contribution >= 4 is 10.8 Å². The van der Waals surface area contributed by atoms with E-state index in [4.69, 9.17) is 9.84 Å². The summed E-state index contributed by atoms with van der Waals surface area (Å²) in [5, 5.41) is 12.0. The second kappa shape index (κ2) is 9.58. The molecule has 0 saturated heterocycles. The van der Waals surface area contributed by atoms with Crippen molar-refractivity contribution in [2.24, 2.45) is 0 Å². The van der Waals surface area contributed by atoms with Gasteiger partial charge >= 0.3 is 0 Å². The van der Waals surface area contributed by atoms with Gasteiger partial charge in [0.25, 0.3) is 0 Å². The van der Waals surface area contributed by atoms with Crippen LogP contribution in [0, 0.1) is 0 Å². The molecule has 0 aromatic carbocycles. The maximum Gasteiger partial charge on any atom is 0.0577 e. The van der Waals surface area contributed by atoms with Crippen LogP contribution < -0.4 is 5.32 Å². The summed E-state index contributed by atoms with van der Waals surface area (Å²) < 4.78 is 16.3. The molecule has 14 heavy (non-hydrogen) atoms. The molecule has 0 bridgehead atoms. The summed E-state index contributed by atoms with van der Waals surface area (Å²) in [7, 11) is 0.752. The van der Waals surface area contributed by atoms with Crippen LogP contribution in [0.25, 0.3) is 0 Å². The van der Waals surface area contributed by atoms with Crippen LogP contribution in [0.15, 0.2) is 0 Å². The van der Waals surface area contributed by atoms with E-state index >= 15 is 0 Å². The fourth-order valence-corrected chi connectivity index (χ4v) is 2.43. The molecule has 0 aliphatic heterocycles. The average molecular weight is 223 g/mol. The zero-order valence-corrected chi connectivity index (χ0v) is 9.81. The largest absolute Gasteiger partial charge is 0.396 e. The molecule has 0 aromatic rings. The number of aliphatic hydroxyl groups is 1. The van der Waals surface area contributed by atoms with E-state index in [-0.39, 0.29) is 12.6 Å². The molecule has 86 valence electrons. The van der Waals surface area contributed by atoms with Gasteiger partial charge in [-0.15, -0.1) is 0 Å². The smallest absolute Gasteiger partial charge is 0.0577 e. The average Bonchev–Trinajstić information content (AvgIpc) is 2.15. The van der Waals surface area contributed by atoms with Gasteiger partial charge in [-0.05, 0) is 13.0 Å². The molecule has 2 N–H and O–H groups in total. The first-order valence-electron chi connectivity index (χ1n) is 4.92. The summed E-state index contributed by atoms with van der Waals surface area (Å²) in [4.78, 5) is 0. The molecule has 0 radical (unpaired) electrons. The van der Waals surface area contributed by atoms with Gasteiger partial charge in [-0.25, -0.2) is 0 Å². The lowest BCUT2D eigenvalue weighted by Gasteiger charge is -2.15. The normalized spacial score (nSPS) is 15.4. The summed E-state index contributed by atoms with van der Waals surface area (Å²) in [5.74, 6) is 1.17. The van der Waals surface area contributed by atoms with Gasteiger partial charge in [0.05, 0.1) is 6.61 Å². The van der Waals surface area contributed by atoms with Crippen LogP contribution in [-0.2, 0) is 15.5 Å². The number of ether oxygens (including phenoxy) is 1. The zero-order chi connectivity index (χ0) is 10.8. The number of methoxy groups -OCH3 is 1. The van der Waals surface area contributed by atoms with Crippen LogP contribution in [0.1, 0.15) is 13.3 Å². The van der Waals surface area contributed by atoms with Crippen molar-refractivity contribution in [2.45, 2.75) is 19.4 Å². The summed E-state index contributed by atoms with van der Waals surface area (Å²) in [5.41, 5.74) is 0. The third-order valence-corrected chi connectivity index (χ3v) is 3.27. The Bertz CT molecular complexity index is 149. The summed E-state index contributed by atoms with van der Waals surface area (Å²) in [6.07, 6.45) is 0.659. The SMILES string of the molecule is CCNC(CCO)CS(=O)CCOC. The van der Waals surface area contributed by atoms with Crippen LogP contribution in [-0.4, -0.2) is 53.7 Å². The Morgan fingerprint density at radius 3 is 2.79 bits per heavy atom. The summed E-state index contributed by atoms with van der Waals surface area (Å²) in [6.45, 7) is 3.51. The van der Waals surface area contributed by atoms with E-state index in [2.05, 4.69) is 5.32 Å². The van der Waals surface area contributed by atoms with Gasteiger partial charge < -0.3 is 15.2 Å². The van der Waals surface area contributed by atoms with Gasteiger partial charge in [0.2, 0.25) is 0 Å². The lowest BCUT2D eigenvalue weighted by Crippen LogP contribution is -2.35. The van der Waals surface area contributed by atoms with Gasteiger partial charge in [0, 0.05) is 42.1 Å². The maximum absolute atomic E-state index is 11.5. The van der Waals surface area contributed by atoms with Gasteiger partial charge in [0.1, 0.15) is 0 Å². The number of rotatable bonds is 9. The highest BCUT2D eigenvalue weighted by atomic mass is 32.2. The van der Waals surface area contributed by atoms with Crippen LogP contribution in [0.2, 0.25) is 0 Å². The third kappa shape index (κ3) is 7.44. The first-order valence-corrected chi connectivity index (χ1v) is 6.41. The zero-order valence-electron chi connectivity index (χ0n) is 8.99. The Hall–Kier alpha value is 0.0300. The van der Waals surface area contributed by atoms with Crippen molar-refractivity contribution in [1.29, 1.82) is 0 Å². The Morgan fingerprint density at radius 1 is 1.57 bits per heavy atom. The number of hydrogen-bond acceptors (Lipinski definition) is 4. The van der Waals surface area contributed by atoms with E-state index in [1.807, 2.05) is 6.92 Å². The molecule has 4 nitrogen and oxygen atoms in total. The van der Waals surface area contributed by atoms with Crippen LogP contribution in [0.4, 0.5) is 0 Å². The molecule has 0 amide bonds. The van der Waals surface area contributed by atoms with Gasteiger partial charge in [-0.3, -0.25) is 4.21 Å². The molecule has 0 aromatic heterocycles. The Morgan fingerprint density at radius 2 is 2.29 bits per heavy atom. The molecule has 0 saturated carbocycles. The first kappa shape index (κ1) is 14.0. The van der Waals surface area contributed by atoms with E-state index in [1.54, 1.807) is 7.11 Å². The van der Waals surface area contributed by atoms with Crippen molar-refractivity contribution in [3.8, 4) is 0 Å². The Balaban J connectivity index is 3.71. The molecule has 2 unspecified atom stereocenters. The lowest BCUT2D eigenvalue weighted by molar-refractivity contribution is 0.218. The number of aliphatic hydroxyl groups excluding tert-OH is 1. The minimum Gasteiger partial charge on any atom is -0.396 e. The van der Waals surface area contributed by atoms with E-state index in [9.17, 15) is 4.21 Å². The fraction of sp³-hybridized carbons (Fsp3) is 1.00. The molecule has 2 atom stereocenters. The molecule has 0 spiro atoms. The molecule has 0 rings (SSSR count). The highest BCUT2D eigenvalue weighted by molar-refractivity contribution is 7.85. The topological polar surface area (TPSA) is 58.6 Å². The van der Waals surface area contributed by atoms with E-state index in [1.165, 1.54) is 0 Å². The molecule has 5 heteroatoms. The van der Waals surface area contributed by atoms with Crippen molar-refractivity contribution in [3.05, 3.63) is 0 Å². The molecule has 0 aliphatic rings. The summed E-state index contributed by atoms with van der Waals surface area (Å²) in [6, 6.07) is 0.155. The van der Waals surface area contributed by atoms with E-state index in [0.717, 1.165) is 6.54 Å². The van der Waals surface area contributed by atoms with Crippen molar-refractivity contribution in [2.75, 3.05) is 38.4 Å². The van der Waals surface area contributed by atoms with Gasteiger partial charge in [0.15, 0.2) is 0 Å². The molecular formula is C9H21NO3S. The summed E-state index contributed by atoms with van der Waals surface area (Å²) >= 11 is 0. The van der Waals surface area contributed by atoms with Gasteiger partial charge in [-0.1, -0.05) is 6.92 Å². The third-order valence-electron chi connectivity index (χ3n) is 1.87. The van der Waals surface area contributed by atoms with Crippen molar-refractivity contribution < 1.29 is 14.1 Å². The minimum atomic E-state index is -0.852.